The van der Waals surface area contributed by atoms with Crippen LogP contribution < -0.4 is 10.6 Å². The van der Waals surface area contributed by atoms with Crippen molar-refractivity contribution in [3.05, 3.63) is 78.2 Å². The van der Waals surface area contributed by atoms with Gasteiger partial charge in [0.05, 0.1) is 11.1 Å². The van der Waals surface area contributed by atoms with Crippen molar-refractivity contribution in [3.63, 3.8) is 0 Å². The van der Waals surface area contributed by atoms with Gasteiger partial charge in [0.1, 0.15) is 5.82 Å². The number of carbonyl (C=O) groups is 1. The number of benzene rings is 1. The average Bonchev–Trinajstić information content (AvgIpc) is 2.62. The van der Waals surface area contributed by atoms with Crippen LogP contribution in [0.1, 0.15) is 15.9 Å². The molecule has 0 unspecified atom stereocenters. The molecule has 0 bridgehead atoms. The molecule has 5 nitrogen and oxygen atoms in total. The molecule has 132 valence electrons. The Morgan fingerprint density at radius 3 is 2.42 bits per heavy atom. The van der Waals surface area contributed by atoms with Crippen LogP contribution in [0.3, 0.4) is 0 Å². The largest absolute Gasteiger partial charge is 0.416 e. The highest BCUT2D eigenvalue weighted by atomic mass is 19.4. The second-order valence-electron chi connectivity index (χ2n) is 5.29. The van der Waals surface area contributed by atoms with Crippen LogP contribution in [0.2, 0.25) is 0 Å². The number of hydrogen-bond donors (Lipinski definition) is 2. The highest BCUT2D eigenvalue weighted by Gasteiger charge is 2.30. The van der Waals surface area contributed by atoms with Crippen LogP contribution in [-0.4, -0.2) is 15.9 Å². The number of rotatable bonds is 4. The first-order valence-corrected chi connectivity index (χ1v) is 7.54. The van der Waals surface area contributed by atoms with E-state index < -0.39 is 17.6 Å². The Kier molecular flexibility index (Phi) is 4.83. The van der Waals surface area contributed by atoms with Gasteiger partial charge < -0.3 is 10.6 Å². The lowest BCUT2D eigenvalue weighted by Gasteiger charge is -2.13. The molecular formula is C18H13F3N4O. The second kappa shape index (κ2) is 7.22. The van der Waals surface area contributed by atoms with Gasteiger partial charge >= 0.3 is 6.18 Å². The maximum absolute atomic E-state index is 12.8. The van der Waals surface area contributed by atoms with E-state index >= 15 is 0 Å². The van der Waals surface area contributed by atoms with E-state index in [9.17, 15) is 18.0 Å². The molecule has 0 saturated carbocycles. The molecule has 2 aromatic heterocycles. The van der Waals surface area contributed by atoms with Gasteiger partial charge in [-0.3, -0.25) is 9.78 Å². The Bertz CT molecular complexity index is 914. The van der Waals surface area contributed by atoms with Crippen molar-refractivity contribution in [2.24, 2.45) is 0 Å². The Balaban J connectivity index is 1.85. The van der Waals surface area contributed by atoms with E-state index in [1.807, 2.05) is 0 Å². The summed E-state index contributed by atoms with van der Waals surface area (Å²) in [5.41, 5.74) is 0.123. The molecule has 3 rings (SSSR count). The van der Waals surface area contributed by atoms with Crippen LogP contribution in [-0.2, 0) is 6.18 Å². The van der Waals surface area contributed by atoms with Crippen LogP contribution in [0.5, 0.6) is 0 Å². The summed E-state index contributed by atoms with van der Waals surface area (Å²) >= 11 is 0. The van der Waals surface area contributed by atoms with Gasteiger partial charge in [-0.1, -0.05) is 6.07 Å². The number of carbonyl (C=O) groups excluding carboxylic acids is 1. The van der Waals surface area contributed by atoms with Gasteiger partial charge in [0.2, 0.25) is 0 Å². The van der Waals surface area contributed by atoms with E-state index in [-0.39, 0.29) is 17.1 Å². The first-order valence-electron chi connectivity index (χ1n) is 7.54. The minimum atomic E-state index is -4.46. The number of nitrogens with zero attached hydrogens (tertiary/aromatic N) is 2. The molecule has 2 heterocycles. The summed E-state index contributed by atoms with van der Waals surface area (Å²) in [7, 11) is 0. The van der Waals surface area contributed by atoms with Gasteiger partial charge in [0.15, 0.2) is 0 Å². The molecule has 0 aliphatic rings. The van der Waals surface area contributed by atoms with Gasteiger partial charge in [-0.05, 0) is 42.5 Å². The fourth-order valence-corrected chi connectivity index (χ4v) is 2.23. The number of aromatic nitrogens is 2. The van der Waals surface area contributed by atoms with Crippen molar-refractivity contribution >= 4 is 23.1 Å². The monoisotopic (exact) mass is 358 g/mol. The van der Waals surface area contributed by atoms with Crippen molar-refractivity contribution in [2.75, 3.05) is 10.6 Å². The number of pyridine rings is 2. The summed E-state index contributed by atoms with van der Waals surface area (Å²) in [5, 5.41) is 5.45. The molecule has 8 heteroatoms. The fraction of sp³-hybridized carbons (Fsp3) is 0.0556. The zero-order chi connectivity index (χ0) is 18.6. The van der Waals surface area contributed by atoms with Gasteiger partial charge in [-0.25, -0.2) is 4.98 Å². The first kappa shape index (κ1) is 17.4. The number of hydrogen-bond acceptors (Lipinski definition) is 4. The minimum absolute atomic E-state index is 0.151. The van der Waals surface area contributed by atoms with Crippen molar-refractivity contribution in [3.8, 4) is 0 Å². The van der Waals surface area contributed by atoms with E-state index in [2.05, 4.69) is 20.6 Å². The number of alkyl halides is 3. The summed E-state index contributed by atoms with van der Waals surface area (Å²) < 4.78 is 38.5. The number of nitrogens with one attached hydrogen (secondary N) is 2. The predicted octanol–water partition coefficient (Wildman–Crippen LogP) is 4.49. The van der Waals surface area contributed by atoms with Crippen molar-refractivity contribution in [1.29, 1.82) is 0 Å². The maximum Gasteiger partial charge on any atom is 0.416 e. The molecule has 0 spiro atoms. The lowest BCUT2D eigenvalue weighted by atomic mass is 10.2. The number of anilines is 3. The van der Waals surface area contributed by atoms with Gasteiger partial charge in [-0.15, -0.1) is 0 Å². The van der Waals surface area contributed by atoms with Crippen LogP contribution in [0.15, 0.2) is 67.1 Å². The van der Waals surface area contributed by atoms with Crippen molar-refractivity contribution in [2.45, 2.75) is 6.18 Å². The Morgan fingerprint density at radius 1 is 0.923 bits per heavy atom. The molecule has 0 atom stereocenters. The van der Waals surface area contributed by atoms with E-state index in [0.717, 1.165) is 12.1 Å². The van der Waals surface area contributed by atoms with E-state index in [1.54, 1.807) is 18.2 Å². The molecule has 1 aromatic carbocycles. The SMILES string of the molecule is O=C(Nc1ccncc1)c1cccnc1Nc1cccc(C(F)(F)F)c1. The second-order valence-corrected chi connectivity index (χ2v) is 5.29. The molecule has 3 aromatic rings. The van der Waals surface area contributed by atoms with E-state index in [1.165, 1.54) is 36.8 Å². The highest BCUT2D eigenvalue weighted by molar-refractivity contribution is 6.07. The summed E-state index contributed by atoms with van der Waals surface area (Å²) in [6, 6.07) is 11.0. The third kappa shape index (κ3) is 4.15. The Morgan fingerprint density at radius 2 is 1.69 bits per heavy atom. The summed E-state index contributed by atoms with van der Waals surface area (Å²) in [6.45, 7) is 0. The van der Waals surface area contributed by atoms with Crippen LogP contribution in [0.4, 0.5) is 30.4 Å². The topological polar surface area (TPSA) is 66.9 Å². The van der Waals surface area contributed by atoms with Gasteiger partial charge in [0, 0.05) is 30.0 Å². The van der Waals surface area contributed by atoms with Crippen molar-refractivity contribution in [1.82, 2.24) is 9.97 Å². The fourth-order valence-electron chi connectivity index (χ4n) is 2.23. The van der Waals surface area contributed by atoms with Crippen LogP contribution >= 0.6 is 0 Å². The van der Waals surface area contributed by atoms with Crippen molar-refractivity contribution < 1.29 is 18.0 Å². The van der Waals surface area contributed by atoms with E-state index in [4.69, 9.17) is 0 Å². The minimum Gasteiger partial charge on any atom is -0.340 e. The van der Waals surface area contributed by atoms with Gasteiger partial charge in [-0.2, -0.15) is 13.2 Å². The third-order valence-electron chi connectivity index (χ3n) is 3.44. The Hall–Kier alpha value is -3.42. The predicted molar refractivity (Wildman–Crippen MR) is 91.2 cm³/mol. The molecule has 0 aliphatic carbocycles. The van der Waals surface area contributed by atoms with Crippen LogP contribution in [0, 0.1) is 0 Å². The molecule has 0 aliphatic heterocycles. The molecule has 0 saturated heterocycles. The standard InChI is InChI=1S/C18H13F3N4O/c19-18(20,21)12-3-1-4-14(11-12)24-16-15(5-2-8-23-16)17(26)25-13-6-9-22-10-7-13/h1-11H,(H,23,24)(H,22,25,26). The first-order chi connectivity index (χ1) is 12.4. The third-order valence-corrected chi connectivity index (χ3v) is 3.44. The molecule has 26 heavy (non-hydrogen) atoms. The quantitative estimate of drug-likeness (QED) is 0.721. The summed E-state index contributed by atoms with van der Waals surface area (Å²) in [6.07, 6.45) is 0.0455. The number of amides is 1. The molecule has 2 N–H and O–H groups in total. The van der Waals surface area contributed by atoms with E-state index in [0.29, 0.717) is 5.69 Å². The molecule has 0 fully saturated rings. The summed E-state index contributed by atoms with van der Waals surface area (Å²) in [5.74, 6) is -0.294. The summed E-state index contributed by atoms with van der Waals surface area (Å²) in [4.78, 5) is 20.4. The zero-order valence-electron chi connectivity index (χ0n) is 13.3. The highest BCUT2D eigenvalue weighted by Crippen LogP contribution is 2.31. The molecule has 1 amide bonds. The molecule has 0 radical (unpaired) electrons. The Labute approximate surface area is 146 Å². The smallest absolute Gasteiger partial charge is 0.340 e. The number of halogens is 3. The normalized spacial score (nSPS) is 11.0. The lowest BCUT2D eigenvalue weighted by molar-refractivity contribution is -0.137. The average molecular weight is 358 g/mol. The van der Waals surface area contributed by atoms with Gasteiger partial charge in [0.25, 0.3) is 5.91 Å². The maximum atomic E-state index is 12.8. The zero-order valence-corrected chi connectivity index (χ0v) is 13.3. The lowest BCUT2D eigenvalue weighted by Crippen LogP contribution is -2.14. The van der Waals surface area contributed by atoms with Crippen LogP contribution in [0.25, 0.3) is 0 Å². The molecular weight excluding hydrogens is 345 g/mol.